The highest BCUT2D eigenvalue weighted by Crippen LogP contribution is 2.23. The van der Waals surface area contributed by atoms with E-state index in [0.29, 0.717) is 0 Å². The molecular formula is C11H14N2S2. The van der Waals surface area contributed by atoms with E-state index in [0.717, 1.165) is 17.1 Å². The Bertz CT molecular complexity index is 412. The Balaban J connectivity index is 2.09. The predicted molar refractivity (Wildman–Crippen MR) is 66.5 cm³/mol. The number of thiazole rings is 1. The van der Waals surface area contributed by atoms with Gasteiger partial charge >= 0.3 is 0 Å². The van der Waals surface area contributed by atoms with E-state index in [1.807, 2.05) is 6.92 Å². The lowest BCUT2D eigenvalue weighted by Gasteiger charge is -2.06. The minimum atomic E-state index is 0.0844. The Morgan fingerprint density at radius 1 is 1.47 bits per heavy atom. The van der Waals surface area contributed by atoms with Crippen molar-refractivity contribution in [2.75, 3.05) is 0 Å². The monoisotopic (exact) mass is 238 g/mol. The number of hydrogen-bond donors (Lipinski definition) is 1. The summed E-state index contributed by atoms with van der Waals surface area (Å²) >= 11 is 3.44. The first-order chi connectivity index (χ1) is 7.16. The van der Waals surface area contributed by atoms with Gasteiger partial charge in [-0.1, -0.05) is 0 Å². The highest BCUT2D eigenvalue weighted by Gasteiger charge is 2.11. The van der Waals surface area contributed by atoms with Crippen LogP contribution in [0, 0.1) is 13.8 Å². The summed E-state index contributed by atoms with van der Waals surface area (Å²) in [6.07, 6.45) is 0.843. The maximum atomic E-state index is 6.10. The molecule has 0 saturated carbocycles. The zero-order valence-electron chi connectivity index (χ0n) is 8.86. The summed E-state index contributed by atoms with van der Waals surface area (Å²) in [7, 11) is 0. The van der Waals surface area contributed by atoms with Gasteiger partial charge in [0.25, 0.3) is 0 Å². The smallest absolute Gasteiger partial charge is 0.0949 e. The first-order valence-electron chi connectivity index (χ1n) is 4.87. The minimum absolute atomic E-state index is 0.0844. The Labute approximate surface area is 97.8 Å². The van der Waals surface area contributed by atoms with E-state index in [4.69, 9.17) is 5.73 Å². The predicted octanol–water partition coefficient (Wildman–Crippen LogP) is 3.06. The Morgan fingerprint density at radius 3 is 2.80 bits per heavy atom. The molecule has 0 aromatic carbocycles. The second-order valence-electron chi connectivity index (χ2n) is 3.62. The molecule has 0 amide bonds. The van der Waals surface area contributed by atoms with E-state index >= 15 is 0 Å². The third-order valence-electron chi connectivity index (χ3n) is 2.44. The summed E-state index contributed by atoms with van der Waals surface area (Å²) in [5.41, 5.74) is 8.45. The molecular weight excluding hydrogens is 224 g/mol. The molecule has 80 valence electrons. The minimum Gasteiger partial charge on any atom is -0.324 e. The molecule has 0 fully saturated rings. The van der Waals surface area contributed by atoms with Crippen molar-refractivity contribution in [1.82, 2.24) is 4.98 Å². The van der Waals surface area contributed by atoms with Crippen LogP contribution in [0.5, 0.6) is 0 Å². The van der Waals surface area contributed by atoms with Crippen LogP contribution in [0.2, 0.25) is 0 Å². The average Bonchev–Trinajstić information content (AvgIpc) is 2.77. The number of aromatic nitrogens is 1. The molecule has 0 saturated heterocycles. The third-order valence-corrected chi connectivity index (χ3v) is 4.24. The third kappa shape index (κ3) is 2.45. The summed E-state index contributed by atoms with van der Waals surface area (Å²) < 4.78 is 0. The van der Waals surface area contributed by atoms with E-state index in [1.54, 1.807) is 22.7 Å². The second kappa shape index (κ2) is 4.43. The molecule has 2 nitrogen and oxygen atoms in total. The molecule has 2 aromatic rings. The van der Waals surface area contributed by atoms with Crippen LogP contribution in [0.4, 0.5) is 0 Å². The average molecular weight is 238 g/mol. The van der Waals surface area contributed by atoms with Crippen molar-refractivity contribution >= 4 is 22.7 Å². The van der Waals surface area contributed by atoms with Crippen LogP contribution in [0.1, 0.15) is 27.2 Å². The van der Waals surface area contributed by atoms with Crippen LogP contribution >= 0.6 is 22.7 Å². The Kier molecular flexibility index (Phi) is 3.19. The van der Waals surface area contributed by atoms with Gasteiger partial charge in [-0.3, -0.25) is 0 Å². The molecule has 1 unspecified atom stereocenters. The number of rotatable bonds is 3. The molecule has 2 aromatic heterocycles. The van der Waals surface area contributed by atoms with Crippen LogP contribution in [0.3, 0.4) is 0 Å². The molecule has 4 heteroatoms. The summed E-state index contributed by atoms with van der Waals surface area (Å²) in [4.78, 5) is 5.80. The molecule has 0 aliphatic rings. The van der Waals surface area contributed by atoms with E-state index in [9.17, 15) is 0 Å². The van der Waals surface area contributed by atoms with Gasteiger partial charge in [0.2, 0.25) is 0 Å². The zero-order valence-corrected chi connectivity index (χ0v) is 10.5. The lowest BCUT2D eigenvalue weighted by Crippen LogP contribution is -2.12. The largest absolute Gasteiger partial charge is 0.324 e. The summed E-state index contributed by atoms with van der Waals surface area (Å²) in [6.45, 7) is 4.15. The first kappa shape index (κ1) is 10.8. The number of thiophene rings is 1. The van der Waals surface area contributed by atoms with Crippen molar-refractivity contribution in [3.05, 3.63) is 38.0 Å². The summed E-state index contributed by atoms with van der Waals surface area (Å²) in [6, 6.07) is 2.17. The van der Waals surface area contributed by atoms with Gasteiger partial charge in [0.05, 0.1) is 10.7 Å². The van der Waals surface area contributed by atoms with Crippen LogP contribution in [-0.4, -0.2) is 4.98 Å². The highest BCUT2D eigenvalue weighted by atomic mass is 32.1. The van der Waals surface area contributed by atoms with Gasteiger partial charge in [-0.25, -0.2) is 4.98 Å². The fourth-order valence-corrected chi connectivity index (χ4v) is 3.14. The van der Waals surface area contributed by atoms with Crippen molar-refractivity contribution in [1.29, 1.82) is 0 Å². The molecule has 0 radical (unpaired) electrons. The van der Waals surface area contributed by atoms with Gasteiger partial charge in [0, 0.05) is 17.3 Å². The van der Waals surface area contributed by atoms with Crippen LogP contribution in [-0.2, 0) is 6.42 Å². The van der Waals surface area contributed by atoms with Crippen molar-refractivity contribution in [2.24, 2.45) is 5.73 Å². The van der Waals surface area contributed by atoms with E-state index in [2.05, 4.69) is 28.7 Å². The van der Waals surface area contributed by atoms with E-state index in [1.165, 1.54) is 10.4 Å². The maximum absolute atomic E-state index is 6.10. The van der Waals surface area contributed by atoms with Crippen molar-refractivity contribution in [3.8, 4) is 0 Å². The first-order valence-corrected chi connectivity index (χ1v) is 6.63. The fourth-order valence-electron chi connectivity index (χ4n) is 1.42. The van der Waals surface area contributed by atoms with E-state index in [-0.39, 0.29) is 6.04 Å². The lowest BCUT2D eigenvalue weighted by atomic mass is 10.1. The molecule has 0 spiro atoms. The maximum Gasteiger partial charge on any atom is 0.0949 e. The van der Waals surface area contributed by atoms with Crippen LogP contribution < -0.4 is 5.73 Å². The molecule has 1 atom stereocenters. The van der Waals surface area contributed by atoms with Gasteiger partial charge < -0.3 is 5.73 Å². The lowest BCUT2D eigenvalue weighted by molar-refractivity contribution is 0.719. The van der Waals surface area contributed by atoms with Crippen molar-refractivity contribution < 1.29 is 0 Å². The van der Waals surface area contributed by atoms with Gasteiger partial charge in [-0.15, -0.1) is 11.3 Å². The number of nitrogens with zero attached hydrogens (tertiary/aromatic N) is 1. The normalized spacial score (nSPS) is 13.0. The van der Waals surface area contributed by atoms with E-state index < -0.39 is 0 Å². The quantitative estimate of drug-likeness (QED) is 0.892. The standard InChI is InChI=1S/C11H14N2S2/c1-7-8(2)15-11(13-7)5-10(12)9-3-4-14-6-9/h3-4,6,10H,5,12H2,1-2H3. The molecule has 15 heavy (non-hydrogen) atoms. The van der Waals surface area contributed by atoms with Gasteiger partial charge in [0.1, 0.15) is 0 Å². The molecule has 0 aliphatic heterocycles. The molecule has 0 aliphatic carbocycles. The van der Waals surface area contributed by atoms with Crippen LogP contribution in [0.15, 0.2) is 16.8 Å². The van der Waals surface area contributed by atoms with Crippen LogP contribution in [0.25, 0.3) is 0 Å². The molecule has 2 heterocycles. The van der Waals surface area contributed by atoms with Gasteiger partial charge in [-0.2, -0.15) is 11.3 Å². The number of nitrogens with two attached hydrogens (primary N) is 1. The van der Waals surface area contributed by atoms with Gasteiger partial charge in [0.15, 0.2) is 0 Å². The Morgan fingerprint density at radius 2 is 2.27 bits per heavy atom. The highest BCUT2D eigenvalue weighted by molar-refractivity contribution is 7.11. The topological polar surface area (TPSA) is 38.9 Å². The van der Waals surface area contributed by atoms with Crippen molar-refractivity contribution in [2.45, 2.75) is 26.3 Å². The Hall–Kier alpha value is -0.710. The van der Waals surface area contributed by atoms with Crippen molar-refractivity contribution in [3.63, 3.8) is 0 Å². The SMILES string of the molecule is Cc1nc(CC(N)c2ccsc2)sc1C. The zero-order chi connectivity index (χ0) is 10.8. The molecule has 0 bridgehead atoms. The molecule has 2 rings (SSSR count). The molecule has 2 N–H and O–H groups in total. The number of hydrogen-bond acceptors (Lipinski definition) is 4. The van der Waals surface area contributed by atoms with Gasteiger partial charge in [-0.05, 0) is 36.2 Å². The number of aryl methyl sites for hydroxylation is 2. The summed E-state index contributed by atoms with van der Waals surface area (Å²) in [5.74, 6) is 0. The summed E-state index contributed by atoms with van der Waals surface area (Å²) in [5, 5.41) is 5.31. The fraction of sp³-hybridized carbons (Fsp3) is 0.364. The second-order valence-corrected chi connectivity index (χ2v) is 5.68.